The number of hydrogen-bond acceptors (Lipinski definition) is 4. The van der Waals surface area contributed by atoms with Gasteiger partial charge in [0.25, 0.3) is 0 Å². The average molecular weight is 374 g/mol. The van der Waals surface area contributed by atoms with Crippen LogP contribution in [0.3, 0.4) is 0 Å². The lowest BCUT2D eigenvalue weighted by molar-refractivity contribution is -0.132. The molecule has 27 heavy (non-hydrogen) atoms. The number of hydrogen-bond donors (Lipinski definition) is 1. The fraction of sp³-hybridized carbons (Fsp3) is 0.300. The highest BCUT2D eigenvalue weighted by atomic mass is 19.1. The molecule has 0 atom stereocenters. The highest BCUT2D eigenvalue weighted by Gasteiger charge is 2.15. The van der Waals surface area contributed by atoms with E-state index in [9.17, 15) is 14.0 Å². The number of benzene rings is 2. The van der Waals surface area contributed by atoms with Crippen LogP contribution in [0.1, 0.15) is 12.5 Å². The molecule has 0 fully saturated rings. The van der Waals surface area contributed by atoms with Crippen LogP contribution in [-0.4, -0.2) is 44.0 Å². The van der Waals surface area contributed by atoms with Gasteiger partial charge in [0.05, 0.1) is 26.5 Å². The Kier molecular flexibility index (Phi) is 7.16. The van der Waals surface area contributed by atoms with Crippen molar-refractivity contribution in [3.8, 4) is 11.5 Å². The van der Waals surface area contributed by atoms with E-state index in [-0.39, 0.29) is 24.2 Å². The number of ether oxygens (including phenoxy) is 2. The first kappa shape index (κ1) is 20.2. The van der Waals surface area contributed by atoms with E-state index in [1.54, 1.807) is 30.3 Å². The Hall–Kier alpha value is -3.09. The summed E-state index contributed by atoms with van der Waals surface area (Å²) in [6, 6.07) is 11.1. The third-order valence-corrected chi connectivity index (χ3v) is 4.04. The molecule has 0 bridgehead atoms. The number of halogens is 1. The Morgan fingerprint density at radius 1 is 1.07 bits per heavy atom. The monoisotopic (exact) mass is 374 g/mol. The lowest BCUT2D eigenvalue weighted by atomic mass is 10.1. The second-order valence-electron chi connectivity index (χ2n) is 5.93. The number of nitrogens with zero attached hydrogens (tertiary/aromatic N) is 1. The molecule has 0 aliphatic heterocycles. The smallest absolute Gasteiger partial charge is 0.244 e. The Labute approximate surface area is 157 Å². The summed E-state index contributed by atoms with van der Waals surface area (Å²) in [7, 11) is 3.03. The van der Waals surface area contributed by atoms with Gasteiger partial charge in [0.15, 0.2) is 0 Å². The van der Waals surface area contributed by atoms with Crippen molar-refractivity contribution in [1.29, 1.82) is 0 Å². The molecule has 2 aromatic carbocycles. The third-order valence-electron chi connectivity index (χ3n) is 4.04. The fourth-order valence-corrected chi connectivity index (χ4v) is 2.54. The van der Waals surface area contributed by atoms with Gasteiger partial charge in [0.1, 0.15) is 17.3 Å². The molecule has 0 aromatic heterocycles. The van der Waals surface area contributed by atoms with E-state index in [2.05, 4.69) is 5.32 Å². The van der Waals surface area contributed by atoms with E-state index < -0.39 is 0 Å². The minimum atomic E-state index is -0.351. The maximum absolute atomic E-state index is 13.0. The van der Waals surface area contributed by atoms with Gasteiger partial charge in [-0.15, -0.1) is 0 Å². The summed E-state index contributed by atoms with van der Waals surface area (Å²) in [5, 5.41) is 2.74. The Morgan fingerprint density at radius 2 is 1.78 bits per heavy atom. The number of nitrogens with one attached hydrogen (secondary N) is 1. The molecule has 0 saturated heterocycles. The molecule has 0 heterocycles. The van der Waals surface area contributed by atoms with Crippen LogP contribution in [0.4, 0.5) is 10.1 Å². The molecule has 0 spiro atoms. The van der Waals surface area contributed by atoms with Gasteiger partial charge >= 0.3 is 0 Å². The Bertz CT molecular complexity index is 793. The summed E-state index contributed by atoms with van der Waals surface area (Å²) >= 11 is 0. The molecule has 0 unspecified atom stereocenters. The van der Waals surface area contributed by atoms with E-state index in [1.807, 2.05) is 0 Å². The molecular formula is C20H23FN2O4. The molecule has 1 N–H and O–H groups in total. The standard InChI is InChI=1S/C20H23FN2O4/c1-14(24)23(11-10-15-4-6-16(21)7-5-15)13-20(25)22-18-12-17(26-2)8-9-19(18)27-3/h4-9,12H,10-11,13H2,1-3H3,(H,22,25). The van der Waals surface area contributed by atoms with Gasteiger partial charge in [0, 0.05) is 19.5 Å². The first-order valence-corrected chi connectivity index (χ1v) is 8.44. The normalized spacial score (nSPS) is 10.2. The summed E-state index contributed by atoms with van der Waals surface area (Å²) < 4.78 is 23.4. The van der Waals surface area contributed by atoms with Gasteiger partial charge in [-0.2, -0.15) is 0 Å². The first-order valence-electron chi connectivity index (χ1n) is 8.44. The van der Waals surface area contributed by atoms with Crippen molar-refractivity contribution >= 4 is 17.5 Å². The molecular weight excluding hydrogens is 351 g/mol. The van der Waals surface area contributed by atoms with E-state index in [4.69, 9.17) is 9.47 Å². The molecule has 0 aliphatic rings. The first-order chi connectivity index (χ1) is 12.9. The highest BCUT2D eigenvalue weighted by Crippen LogP contribution is 2.28. The number of rotatable bonds is 8. The van der Waals surface area contributed by atoms with Crippen molar-refractivity contribution in [2.45, 2.75) is 13.3 Å². The van der Waals surface area contributed by atoms with Gasteiger partial charge in [-0.3, -0.25) is 9.59 Å². The van der Waals surface area contributed by atoms with Crippen LogP contribution in [0.15, 0.2) is 42.5 Å². The SMILES string of the molecule is COc1ccc(OC)c(NC(=O)CN(CCc2ccc(F)cc2)C(C)=O)c1. The predicted molar refractivity (Wildman–Crippen MR) is 101 cm³/mol. The van der Waals surface area contributed by atoms with Crippen molar-refractivity contribution in [3.63, 3.8) is 0 Å². The second kappa shape index (κ2) is 9.56. The predicted octanol–water partition coefficient (Wildman–Crippen LogP) is 2.87. The van der Waals surface area contributed by atoms with E-state index >= 15 is 0 Å². The van der Waals surface area contributed by atoms with Gasteiger partial charge in [0.2, 0.25) is 11.8 Å². The Balaban J connectivity index is 2.00. The lowest BCUT2D eigenvalue weighted by Gasteiger charge is -2.21. The zero-order valence-corrected chi connectivity index (χ0v) is 15.6. The second-order valence-corrected chi connectivity index (χ2v) is 5.93. The van der Waals surface area contributed by atoms with Crippen LogP contribution in [0.25, 0.3) is 0 Å². The van der Waals surface area contributed by atoms with Crippen molar-refractivity contribution in [2.75, 3.05) is 32.6 Å². The van der Waals surface area contributed by atoms with E-state index in [0.717, 1.165) is 5.56 Å². The molecule has 2 amide bonds. The van der Waals surface area contributed by atoms with Crippen LogP contribution in [0.5, 0.6) is 11.5 Å². The van der Waals surface area contributed by atoms with Crippen LogP contribution >= 0.6 is 0 Å². The van der Waals surface area contributed by atoms with E-state index in [0.29, 0.717) is 30.2 Å². The third kappa shape index (κ3) is 5.99. The van der Waals surface area contributed by atoms with Gasteiger partial charge in [-0.25, -0.2) is 4.39 Å². The fourth-order valence-electron chi connectivity index (χ4n) is 2.54. The van der Waals surface area contributed by atoms with Crippen molar-refractivity contribution in [3.05, 3.63) is 53.8 Å². The summed E-state index contributed by atoms with van der Waals surface area (Å²) in [5.41, 5.74) is 1.35. The van der Waals surface area contributed by atoms with Crippen molar-refractivity contribution in [1.82, 2.24) is 4.90 Å². The minimum Gasteiger partial charge on any atom is -0.497 e. The molecule has 0 aliphatic carbocycles. The number of carbonyl (C=O) groups excluding carboxylic acids is 2. The number of carbonyl (C=O) groups is 2. The topological polar surface area (TPSA) is 67.9 Å². The molecule has 7 heteroatoms. The molecule has 6 nitrogen and oxygen atoms in total. The number of anilines is 1. The maximum Gasteiger partial charge on any atom is 0.244 e. The van der Waals surface area contributed by atoms with Crippen LogP contribution in [-0.2, 0) is 16.0 Å². The molecule has 2 aromatic rings. The van der Waals surface area contributed by atoms with Gasteiger partial charge in [-0.05, 0) is 36.2 Å². The minimum absolute atomic E-state index is 0.100. The summed E-state index contributed by atoms with van der Waals surface area (Å²) in [6.45, 7) is 1.66. The van der Waals surface area contributed by atoms with E-state index in [1.165, 1.54) is 38.2 Å². The summed E-state index contributed by atoms with van der Waals surface area (Å²) in [5.74, 6) is 0.185. The number of methoxy groups -OCH3 is 2. The molecule has 0 radical (unpaired) electrons. The zero-order valence-electron chi connectivity index (χ0n) is 15.6. The van der Waals surface area contributed by atoms with Crippen LogP contribution < -0.4 is 14.8 Å². The number of amides is 2. The zero-order chi connectivity index (χ0) is 19.8. The Morgan fingerprint density at radius 3 is 2.37 bits per heavy atom. The van der Waals surface area contributed by atoms with Gasteiger partial charge in [-0.1, -0.05) is 12.1 Å². The van der Waals surface area contributed by atoms with Gasteiger partial charge < -0.3 is 19.7 Å². The molecule has 144 valence electrons. The molecule has 2 rings (SSSR count). The van der Waals surface area contributed by atoms with Crippen LogP contribution in [0.2, 0.25) is 0 Å². The quantitative estimate of drug-likeness (QED) is 0.772. The van der Waals surface area contributed by atoms with Crippen molar-refractivity contribution in [2.24, 2.45) is 0 Å². The van der Waals surface area contributed by atoms with Crippen molar-refractivity contribution < 1.29 is 23.5 Å². The average Bonchev–Trinajstić information content (AvgIpc) is 2.66. The summed E-state index contributed by atoms with van der Waals surface area (Å²) in [4.78, 5) is 25.7. The molecule has 0 saturated carbocycles. The largest absolute Gasteiger partial charge is 0.497 e. The highest BCUT2D eigenvalue weighted by molar-refractivity contribution is 5.95. The summed E-state index contributed by atoms with van der Waals surface area (Å²) in [6.07, 6.45) is 0.523. The van der Waals surface area contributed by atoms with Crippen LogP contribution in [0, 0.1) is 5.82 Å². The lowest BCUT2D eigenvalue weighted by Crippen LogP contribution is -2.38. The maximum atomic E-state index is 13.0.